The highest BCUT2D eigenvalue weighted by Gasteiger charge is 2.12. The van der Waals surface area contributed by atoms with E-state index in [0.29, 0.717) is 30.8 Å². The van der Waals surface area contributed by atoms with Gasteiger partial charge in [-0.3, -0.25) is 9.59 Å². The van der Waals surface area contributed by atoms with Crippen molar-refractivity contribution < 1.29 is 14.3 Å². The average Bonchev–Trinajstić information content (AvgIpc) is 2.76. The van der Waals surface area contributed by atoms with Crippen molar-refractivity contribution in [3.05, 3.63) is 90.8 Å². The first kappa shape index (κ1) is 25.0. The molecule has 0 aliphatic heterocycles. The monoisotopic (exact) mass is 591 g/mol. The largest absolute Gasteiger partial charge is 0.481 e. The van der Waals surface area contributed by atoms with Crippen LogP contribution in [-0.2, 0) is 4.79 Å². The van der Waals surface area contributed by atoms with E-state index in [0.717, 1.165) is 16.8 Å². The van der Waals surface area contributed by atoms with Gasteiger partial charge in [0, 0.05) is 16.3 Å². The minimum absolute atomic E-state index is 0.158. The summed E-state index contributed by atoms with van der Waals surface area (Å²) in [5.74, 6) is -0.137. The standard InChI is InChI=1S/C24H20Br2ClN3O3/c1-14-3-4-15(2)21(9-14)29-22(31)13-33-23-19(25)10-16(11-20(23)26)12-28-30-24(32)17-5-7-18(27)8-6-17/h3-12H,13H2,1-2H3,(H,29,31)(H,30,32)/b28-12+. The van der Waals surface area contributed by atoms with Crippen LogP contribution in [0.1, 0.15) is 27.0 Å². The fraction of sp³-hybridized carbons (Fsp3) is 0.125. The van der Waals surface area contributed by atoms with Crippen LogP contribution in [0.2, 0.25) is 5.02 Å². The Morgan fingerprint density at radius 2 is 1.70 bits per heavy atom. The van der Waals surface area contributed by atoms with Crippen molar-refractivity contribution in [3.8, 4) is 5.75 Å². The summed E-state index contributed by atoms with van der Waals surface area (Å²) < 4.78 is 6.96. The summed E-state index contributed by atoms with van der Waals surface area (Å²) in [7, 11) is 0. The quantitative estimate of drug-likeness (QED) is 0.251. The first-order chi connectivity index (χ1) is 15.7. The molecular formula is C24H20Br2ClN3O3. The molecule has 0 aromatic heterocycles. The molecule has 3 aromatic carbocycles. The van der Waals surface area contributed by atoms with Crippen molar-refractivity contribution in [1.29, 1.82) is 0 Å². The Morgan fingerprint density at radius 3 is 2.36 bits per heavy atom. The number of carbonyl (C=O) groups excluding carboxylic acids is 2. The van der Waals surface area contributed by atoms with Crippen molar-refractivity contribution in [3.63, 3.8) is 0 Å². The second-order valence-corrected chi connectivity index (χ2v) is 9.32. The maximum Gasteiger partial charge on any atom is 0.271 e. The molecule has 0 bridgehead atoms. The topological polar surface area (TPSA) is 79.8 Å². The lowest BCUT2D eigenvalue weighted by Gasteiger charge is -2.13. The molecule has 3 rings (SSSR count). The zero-order valence-electron chi connectivity index (χ0n) is 17.8. The lowest BCUT2D eigenvalue weighted by Crippen LogP contribution is -2.21. The second kappa shape index (κ2) is 11.4. The maximum atomic E-state index is 12.3. The van der Waals surface area contributed by atoms with Crippen LogP contribution in [-0.4, -0.2) is 24.6 Å². The molecular weight excluding hydrogens is 574 g/mol. The smallest absolute Gasteiger partial charge is 0.271 e. The van der Waals surface area contributed by atoms with E-state index in [-0.39, 0.29) is 18.4 Å². The molecule has 33 heavy (non-hydrogen) atoms. The Balaban J connectivity index is 1.59. The molecule has 2 N–H and O–H groups in total. The molecule has 170 valence electrons. The molecule has 0 unspecified atom stereocenters. The summed E-state index contributed by atoms with van der Waals surface area (Å²) in [6.45, 7) is 3.74. The third-order valence-electron chi connectivity index (χ3n) is 4.52. The number of rotatable bonds is 7. The molecule has 0 spiro atoms. The Kier molecular flexibility index (Phi) is 8.66. The van der Waals surface area contributed by atoms with Gasteiger partial charge < -0.3 is 10.1 Å². The minimum atomic E-state index is -0.351. The first-order valence-corrected chi connectivity index (χ1v) is 11.8. The molecule has 0 radical (unpaired) electrons. The van der Waals surface area contributed by atoms with Crippen molar-refractivity contribution in [1.82, 2.24) is 5.43 Å². The third kappa shape index (κ3) is 7.15. The van der Waals surface area contributed by atoms with Crippen LogP contribution in [0.5, 0.6) is 5.75 Å². The minimum Gasteiger partial charge on any atom is -0.481 e. The summed E-state index contributed by atoms with van der Waals surface area (Å²) in [5.41, 5.74) is 6.41. The fourth-order valence-electron chi connectivity index (χ4n) is 2.82. The number of ether oxygens (including phenoxy) is 1. The molecule has 0 saturated heterocycles. The van der Waals surface area contributed by atoms with Crippen molar-refractivity contribution in [2.45, 2.75) is 13.8 Å². The first-order valence-electron chi connectivity index (χ1n) is 9.81. The number of halogens is 3. The Labute approximate surface area is 213 Å². The van der Waals surface area contributed by atoms with Gasteiger partial charge in [0.1, 0.15) is 5.75 Å². The number of hydrazone groups is 1. The summed E-state index contributed by atoms with van der Waals surface area (Å²) >= 11 is 12.7. The van der Waals surface area contributed by atoms with Gasteiger partial charge in [0.25, 0.3) is 11.8 Å². The highest BCUT2D eigenvalue weighted by atomic mass is 79.9. The lowest BCUT2D eigenvalue weighted by molar-refractivity contribution is -0.118. The number of carbonyl (C=O) groups is 2. The average molecular weight is 594 g/mol. The molecule has 0 heterocycles. The van der Waals surface area contributed by atoms with E-state index in [9.17, 15) is 9.59 Å². The van der Waals surface area contributed by atoms with Crippen LogP contribution in [0.3, 0.4) is 0 Å². The predicted octanol–water partition coefficient (Wildman–Crippen LogP) is 6.26. The van der Waals surface area contributed by atoms with Gasteiger partial charge in [-0.05, 0) is 105 Å². The van der Waals surface area contributed by atoms with Crippen LogP contribution in [0, 0.1) is 13.8 Å². The van der Waals surface area contributed by atoms with E-state index in [1.165, 1.54) is 6.21 Å². The number of benzene rings is 3. The van der Waals surface area contributed by atoms with Gasteiger partial charge in [0.05, 0.1) is 15.2 Å². The van der Waals surface area contributed by atoms with E-state index in [1.807, 2.05) is 32.0 Å². The normalized spacial score (nSPS) is 10.8. The van der Waals surface area contributed by atoms with E-state index in [1.54, 1.807) is 36.4 Å². The van der Waals surface area contributed by atoms with E-state index in [2.05, 4.69) is 47.7 Å². The van der Waals surface area contributed by atoms with Crippen molar-refractivity contribution in [2.75, 3.05) is 11.9 Å². The summed E-state index contributed by atoms with van der Waals surface area (Å²) in [5, 5.41) is 7.40. The van der Waals surface area contributed by atoms with Gasteiger partial charge in [-0.15, -0.1) is 0 Å². The number of nitrogens with one attached hydrogen (secondary N) is 2. The SMILES string of the molecule is Cc1ccc(C)c(NC(=O)COc2c(Br)cc(/C=N/NC(=O)c3ccc(Cl)cc3)cc2Br)c1. The third-order valence-corrected chi connectivity index (χ3v) is 5.95. The second-order valence-electron chi connectivity index (χ2n) is 7.17. The van der Waals surface area contributed by atoms with Crippen molar-refractivity contribution in [2.24, 2.45) is 5.10 Å². The Morgan fingerprint density at radius 1 is 1.03 bits per heavy atom. The van der Waals surface area contributed by atoms with E-state index in [4.69, 9.17) is 16.3 Å². The number of aryl methyl sites for hydroxylation is 2. The molecule has 0 atom stereocenters. The molecule has 3 aromatic rings. The van der Waals surface area contributed by atoms with Gasteiger partial charge in [-0.25, -0.2) is 5.43 Å². The lowest BCUT2D eigenvalue weighted by atomic mass is 10.1. The molecule has 0 aliphatic rings. The number of amides is 2. The van der Waals surface area contributed by atoms with Crippen LogP contribution in [0.15, 0.2) is 68.6 Å². The van der Waals surface area contributed by atoms with Crippen LogP contribution >= 0.6 is 43.5 Å². The van der Waals surface area contributed by atoms with Crippen LogP contribution < -0.4 is 15.5 Å². The van der Waals surface area contributed by atoms with Crippen LogP contribution in [0.25, 0.3) is 0 Å². The molecule has 0 aliphatic carbocycles. The van der Waals surface area contributed by atoms with Crippen LogP contribution in [0.4, 0.5) is 5.69 Å². The molecule has 6 nitrogen and oxygen atoms in total. The molecule has 9 heteroatoms. The summed E-state index contributed by atoms with van der Waals surface area (Å²) in [4.78, 5) is 24.5. The van der Waals surface area contributed by atoms with E-state index >= 15 is 0 Å². The summed E-state index contributed by atoms with van der Waals surface area (Å²) in [6, 6.07) is 15.9. The molecule has 0 saturated carbocycles. The highest BCUT2D eigenvalue weighted by Crippen LogP contribution is 2.34. The van der Waals surface area contributed by atoms with Crippen molar-refractivity contribution >= 4 is 67.2 Å². The zero-order chi connectivity index (χ0) is 24.0. The molecule has 0 fully saturated rings. The predicted molar refractivity (Wildman–Crippen MR) is 138 cm³/mol. The number of hydrogen-bond donors (Lipinski definition) is 2. The number of hydrogen-bond acceptors (Lipinski definition) is 4. The highest BCUT2D eigenvalue weighted by molar-refractivity contribution is 9.11. The Hall–Kier alpha value is -2.68. The zero-order valence-corrected chi connectivity index (χ0v) is 21.7. The van der Waals surface area contributed by atoms with Gasteiger partial charge in [-0.1, -0.05) is 23.7 Å². The summed E-state index contributed by atoms with van der Waals surface area (Å²) in [6.07, 6.45) is 1.50. The number of nitrogens with zero attached hydrogens (tertiary/aromatic N) is 1. The maximum absolute atomic E-state index is 12.3. The number of anilines is 1. The van der Waals surface area contributed by atoms with E-state index < -0.39 is 0 Å². The van der Waals surface area contributed by atoms with Gasteiger partial charge in [0.2, 0.25) is 0 Å². The molecule has 2 amide bonds. The van der Waals surface area contributed by atoms with Gasteiger partial charge in [-0.2, -0.15) is 5.10 Å². The fourth-order valence-corrected chi connectivity index (χ4v) is 4.39. The van der Waals surface area contributed by atoms with Gasteiger partial charge >= 0.3 is 0 Å². The van der Waals surface area contributed by atoms with Gasteiger partial charge in [0.15, 0.2) is 6.61 Å². The Bertz CT molecular complexity index is 1190.